The smallest absolute Gasteiger partial charge is 0.212 e. The number of rotatable bonds is 5. The number of ether oxygens (including phenoxy) is 2. The Kier molecular flexibility index (Phi) is 3.48. The maximum Gasteiger partial charge on any atom is 0.212 e. The Morgan fingerprint density at radius 1 is 1.39 bits per heavy atom. The fraction of sp³-hybridized carbons (Fsp3) is 0.643. The molecule has 2 unspecified atom stereocenters. The molecule has 1 saturated heterocycles. The summed E-state index contributed by atoms with van der Waals surface area (Å²) in [5, 5.41) is 3.60. The summed E-state index contributed by atoms with van der Waals surface area (Å²) < 4.78 is 10.9. The van der Waals surface area contributed by atoms with Crippen LogP contribution in [0.2, 0.25) is 0 Å². The average molecular weight is 248 g/mol. The second-order valence-corrected chi connectivity index (χ2v) is 5.16. The number of hydrogen-bond donors (Lipinski definition) is 1. The number of pyridine rings is 1. The number of hydrogen-bond acceptors (Lipinski definition) is 4. The van der Waals surface area contributed by atoms with E-state index in [1.54, 1.807) is 7.11 Å². The van der Waals surface area contributed by atoms with Gasteiger partial charge in [-0.3, -0.25) is 0 Å². The first-order chi connectivity index (χ1) is 8.86. The van der Waals surface area contributed by atoms with Gasteiger partial charge in [0.05, 0.1) is 13.2 Å². The minimum atomic E-state index is 0.441. The summed E-state index contributed by atoms with van der Waals surface area (Å²) in [6, 6.07) is 4.47. The third-order valence-electron chi connectivity index (χ3n) is 3.80. The van der Waals surface area contributed by atoms with Crippen molar-refractivity contribution in [1.29, 1.82) is 0 Å². The van der Waals surface area contributed by atoms with Crippen LogP contribution in [0.5, 0.6) is 5.88 Å². The van der Waals surface area contributed by atoms with Gasteiger partial charge in [-0.1, -0.05) is 6.07 Å². The van der Waals surface area contributed by atoms with Gasteiger partial charge >= 0.3 is 0 Å². The van der Waals surface area contributed by atoms with Gasteiger partial charge in [0, 0.05) is 31.5 Å². The van der Waals surface area contributed by atoms with Crippen molar-refractivity contribution in [1.82, 2.24) is 10.3 Å². The number of aromatic nitrogens is 1. The predicted octanol–water partition coefficient (Wildman–Crippen LogP) is 1.75. The third kappa shape index (κ3) is 2.65. The second-order valence-electron chi connectivity index (χ2n) is 5.16. The molecule has 1 aromatic rings. The predicted molar refractivity (Wildman–Crippen MR) is 68.5 cm³/mol. The van der Waals surface area contributed by atoms with Crippen LogP contribution in [-0.2, 0) is 11.3 Å². The van der Waals surface area contributed by atoms with Crippen LogP contribution in [0.3, 0.4) is 0 Å². The average Bonchev–Trinajstić information content (AvgIpc) is 3.16. The Morgan fingerprint density at radius 2 is 2.28 bits per heavy atom. The Hall–Kier alpha value is -1.13. The molecule has 0 amide bonds. The van der Waals surface area contributed by atoms with Gasteiger partial charge in [-0.05, 0) is 30.7 Å². The van der Waals surface area contributed by atoms with E-state index < -0.39 is 0 Å². The van der Waals surface area contributed by atoms with Crippen LogP contribution >= 0.6 is 0 Å². The molecule has 1 saturated carbocycles. The summed E-state index contributed by atoms with van der Waals surface area (Å²) in [5.74, 6) is 1.47. The van der Waals surface area contributed by atoms with Crippen molar-refractivity contribution in [2.24, 2.45) is 5.92 Å². The molecule has 18 heavy (non-hydrogen) atoms. The van der Waals surface area contributed by atoms with Gasteiger partial charge in [0.2, 0.25) is 5.88 Å². The second kappa shape index (κ2) is 5.24. The lowest BCUT2D eigenvalue weighted by atomic mass is 10.1. The summed E-state index contributed by atoms with van der Waals surface area (Å²) >= 11 is 0. The van der Waals surface area contributed by atoms with Gasteiger partial charge < -0.3 is 14.8 Å². The van der Waals surface area contributed by atoms with Crippen LogP contribution in [0.4, 0.5) is 0 Å². The van der Waals surface area contributed by atoms with Gasteiger partial charge in [-0.2, -0.15) is 0 Å². The molecule has 1 aliphatic heterocycles. The van der Waals surface area contributed by atoms with Crippen LogP contribution in [-0.4, -0.2) is 30.8 Å². The molecule has 98 valence electrons. The topological polar surface area (TPSA) is 43.4 Å². The Balaban J connectivity index is 1.53. The number of nitrogens with one attached hydrogen (secondary N) is 1. The highest BCUT2D eigenvalue weighted by atomic mass is 16.5. The lowest BCUT2D eigenvalue weighted by Crippen LogP contribution is -2.37. The fourth-order valence-electron chi connectivity index (χ4n) is 2.60. The SMILES string of the molecule is COc1ccc(CNC2CCOC2C2CC2)cn1. The van der Waals surface area contributed by atoms with Crippen molar-refractivity contribution in [3.05, 3.63) is 23.9 Å². The Morgan fingerprint density at radius 3 is 2.94 bits per heavy atom. The first-order valence-corrected chi connectivity index (χ1v) is 6.71. The molecule has 0 bridgehead atoms. The van der Waals surface area contributed by atoms with Gasteiger partial charge in [0.25, 0.3) is 0 Å². The molecule has 2 heterocycles. The first kappa shape index (κ1) is 11.9. The van der Waals surface area contributed by atoms with Crippen LogP contribution < -0.4 is 10.1 Å². The minimum absolute atomic E-state index is 0.441. The molecule has 1 aromatic heterocycles. The molecule has 2 aliphatic rings. The lowest BCUT2D eigenvalue weighted by molar-refractivity contribution is 0.0809. The first-order valence-electron chi connectivity index (χ1n) is 6.71. The quantitative estimate of drug-likeness (QED) is 0.862. The van der Waals surface area contributed by atoms with Crippen LogP contribution in [0, 0.1) is 5.92 Å². The van der Waals surface area contributed by atoms with Gasteiger partial charge in [0.1, 0.15) is 0 Å². The normalized spacial score (nSPS) is 27.4. The summed E-state index contributed by atoms with van der Waals surface area (Å²) in [4.78, 5) is 4.22. The lowest BCUT2D eigenvalue weighted by Gasteiger charge is -2.19. The van der Waals surface area contributed by atoms with Crippen LogP contribution in [0.1, 0.15) is 24.8 Å². The van der Waals surface area contributed by atoms with E-state index in [2.05, 4.69) is 16.4 Å². The van der Waals surface area contributed by atoms with E-state index in [9.17, 15) is 0 Å². The van der Waals surface area contributed by atoms with Crippen LogP contribution in [0.25, 0.3) is 0 Å². The van der Waals surface area contributed by atoms with E-state index in [4.69, 9.17) is 9.47 Å². The molecule has 1 aliphatic carbocycles. The molecular formula is C14H20N2O2. The molecule has 0 spiro atoms. The van der Waals surface area contributed by atoms with E-state index in [0.29, 0.717) is 18.0 Å². The highest BCUT2D eigenvalue weighted by molar-refractivity contribution is 5.17. The van der Waals surface area contributed by atoms with E-state index in [-0.39, 0.29) is 0 Å². The summed E-state index contributed by atoms with van der Waals surface area (Å²) in [7, 11) is 1.64. The summed E-state index contributed by atoms with van der Waals surface area (Å²) in [6.07, 6.45) is 6.12. The van der Waals surface area contributed by atoms with Gasteiger partial charge in [-0.15, -0.1) is 0 Å². The number of methoxy groups -OCH3 is 1. The monoisotopic (exact) mass is 248 g/mol. The molecule has 0 radical (unpaired) electrons. The van der Waals surface area contributed by atoms with E-state index in [1.165, 1.54) is 18.4 Å². The van der Waals surface area contributed by atoms with Crippen molar-refractivity contribution in [3.63, 3.8) is 0 Å². The van der Waals surface area contributed by atoms with Crippen molar-refractivity contribution in [2.75, 3.05) is 13.7 Å². The zero-order valence-corrected chi connectivity index (χ0v) is 10.8. The van der Waals surface area contributed by atoms with Crippen molar-refractivity contribution < 1.29 is 9.47 Å². The Bertz CT molecular complexity index is 389. The standard InChI is InChI=1S/C14H20N2O2/c1-17-13-5-2-10(9-16-13)8-15-12-6-7-18-14(12)11-3-4-11/h2,5,9,11-12,14-15H,3-4,6-8H2,1H3. The minimum Gasteiger partial charge on any atom is -0.481 e. The largest absolute Gasteiger partial charge is 0.481 e. The van der Waals surface area contributed by atoms with Gasteiger partial charge in [0.15, 0.2) is 0 Å². The number of nitrogens with zero attached hydrogens (tertiary/aromatic N) is 1. The zero-order chi connectivity index (χ0) is 12.4. The molecule has 0 aromatic carbocycles. The maximum atomic E-state index is 5.82. The zero-order valence-electron chi connectivity index (χ0n) is 10.8. The highest BCUT2D eigenvalue weighted by Crippen LogP contribution is 2.38. The van der Waals surface area contributed by atoms with Crippen molar-refractivity contribution in [2.45, 2.75) is 38.0 Å². The molecule has 2 fully saturated rings. The molecule has 4 nitrogen and oxygen atoms in total. The molecular weight excluding hydrogens is 228 g/mol. The Labute approximate surface area is 108 Å². The molecule has 2 atom stereocenters. The van der Waals surface area contributed by atoms with Crippen molar-refractivity contribution in [3.8, 4) is 5.88 Å². The maximum absolute atomic E-state index is 5.82. The summed E-state index contributed by atoms with van der Waals surface area (Å²) in [6.45, 7) is 1.76. The molecule has 3 rings (SSSR count). The van der Waals surface area contributed by atoms with E-state index in [0.717, 1.165) is 25.5 Å². The third-order valence-corrected chi connectivity index (χ3v) is 3.80. The van der Waals surface area contributed by atoms with E-state index >= 15 is 0 Å². The molecule has 4 heteroatoms. The van der Waals surface area contributed by atoms with Crippen LogP contribution in [0.15, 0.2) is 18.3 Å². The van der Waals surface area contributed by atoms with E-state index in [1.807, 2.05) is 12.3 Å². The van der Waals surface area contributed by atoms with Crippen molar-refractivity contribution >= 4 is 0 Å². The fourth-order valence-corrected chi connectivity index (χ4v) is 2.60. The summed E-state index contributed by atoms with van der Waals surface area (Å²) in [5.41, 5.74) is 1.19. The van der Waals surface area contributed by atoms with Gasteiger partial charge in [-0.25, -0.2) is 4.98 Å². The highest BCUT2D eigenvalue weighted by Gasteiger charge is 2.40. The molecule has 1 N–H and O–H groups in total.